The van der Waals surface area contributed by atoms with Crippen molar-refractivity contribution in [1.29, 1.82) is 0 Å². The van der Waals surface area contributed by atoms with E-state index in [2.05, 4.69) is 73.5 Å². The van der Waals surface area contributed by atoms with Crippen molar-refractivity contribution >= 4 is 51.9 Å². The third kappa shape index (κ3) is 14.6. The number of hydrogen-bond acceptors (Lipinski definition) is 9. The number of halogens is 1. The van der Waals surface area contributed by atoms with Gasteiger partial charge in [0.15, 0.2) is 0 Å². The molecule has 0 bridgehead atoms. The number of hydrogen-bond donors (Lipinski definition) is 0. The zero-order valence-corrected chi connectivity index (χ0v) is 39.3. The first-order chi connectivity index (χ1) is 33.8. The van der Waals surface area contributed by atoms with Gasteiger partial charge in [0.2, 0.25) is 0 Å². The molecule has 0 aliphatic carbocycles. The first kappa shape index (κ1) is 49.2. The van der Waals surface area contributed by atoms with Crippen LogP contribution in [0.4, 0.5) is 11.4 Å². The number of rotatable bonds is 22. The molecule has 0 saturated carbocycles. The average Bonchev–Trinajstić information content (AvgIpc) is 3.39. The van der Waals surface area contributed by atoms with Crippen molar-refractivity contribution < 1.29 is 33.3 Å². The normalized spacial score (nSPS) is 10.9. The van der Waals surface area contributed by atoms with Crippen LogP contribution < -0.4 is 9.75 Å². The molecule has 9 nitrogen and oxygen atoms in total. The number of methoxy groups -OCH3 is 1. The third-order valence-electron chi connectivity index (χ3n) is 11.0. The second kappa shape index (κ2) is 25.4. The number of ether oxygens (including phenoxy) is 5. The van der Waals surface area contributed by atoms with Crippen molar-refractivity contribution in [3.63, 3.8) is 0 Å². The van der Waals surface area contributed by atoms with E-state index in [9.17, 15) is 9.59 Å². The number of carbonyl (C=O) groups is 2. The van der Waals surface area contributed by atoms with Gasteiger partial charge in [0.05, 0.1) is 61.2 Å². The lowest BCUT2D eigenvalue weighted by atomic mass is 9.98. The van der Waals surface area contributed by atoms with Crippen molar-refractivity contribution in [2.75, 3.05) is 45.2 Å². The van der Waals surface area contributed by atoms with Gasteiger partial charge < -0.3 is 23.7 Å². The van der Waals surface area contributed by atoms with E-state index in [1.165, 1.54) is 16.3 Å². The number of carbonyl (C=O) groups excluding carboxylic acids is 2. The Balaban J connectivity index is 1.10. The molecular weight excluding hydrogens is 884 g/mol. The molecule has 7 rings (SSSR count). The van der Waals surface area contributed by atoms with Gasteiger partial charge in [-0.2, -0.15) is 5.10 Å². The lowest BCUT2D eigenvalue weighted by molar-refractivity contribution is -0.142. The molecule has 348 valence electrons. The lowest BCUT2D eigenvalue weighted by Crippen LogP contribution is -2.22. The van der Waals surface area contributed by atoms with Crippen molar-refractivity contribution in [1.82, 2.24) is 0 Å². The molecule has 0 aromatic heterocycles. The van der Waals surface area contributed by atoms with Gasteiger partial charge in [0.25, 0.3) is 0 Å². The van der Waals surface area contributed by atoms with Gasteiger partial charge in [-0.3, -0.25) is 0 Å². The number of benzene rings is 7. The van der Waals surface area contributed by atoms with Crippen LogP contribution in [0.15, 0.2) is 188 Å². The maximum atomic E-state index is 11.7. The van der Waals surface area contributed by atoms with E-state index in [-0.39, 0.29) is 25.7 Å². The van der Waals surface area contributed by atoms with Crippen molar-refractivity contribution in [2.24, 2.45) is 11.0 Å². The Morgan fingerprint density at radius 2 is 1.28 bits per heavy atom. The first-order valence-electron chi connectivity index (χ1n) is 22.6. The molecular formula is C59H53ClN2O7. The Morgan fingerprint density at radius 3 is 1.93 bits per heavy atom. The SMILES string of the molecule is C=CC(=O)OCC(COC(=O)C=C)Cc1ccc(COc2cc(Cl)c(C#Cc3ccc(-c4ccc5cc(CCOCCOC)ccc5c4)cc3)c(/C=N/N(c3ccccc3)c3ccccc3)c2)cc1. The van der Waals surface area contributed by atoms with Crippen molar-refractivity contribution in [2.45, 2.75) is 19.4 Å². The molecule has 0 heterocycles. The summed E-state index contributed by atoms with van der Waals surface area (Å²) < 4.78 is 27.6. The minimum atomic E-state index is -0.545. The van der Waals surface area contributed by atoms with E-state index in [1.807, 2.05) is 108 Å². The van der Waals surface area contributed by atoms with E-state index in [0.29, 0.717) is 48.1 Å². The smallest absolute Gasteiger partial charge is 0.330 e. The lowest BCUT2D eigenvalue weighted by Gasteiger charge is -2.19. The Labute approximate surface area is 409 Å². The Bertz CT molecular complexity index is 2860. The van der Waals surface area contributed by atoms with Gasteiger partial charge in [0, 0.05) is 42.4 Å². The number of anilines is 2. The second-order valence-corrected chi connectivity index (χ2v) is 16.4. The molecule has 0 fully saturated rings. The summed E-state index contributed by atoms with van der Waals surface area (Å²) in [4.78, 5) is 23.5. The van der Waals surface area contributed by atoms with Crippen molar-refractivity contribution in [3.8, 4) is 28.7 Å². The fourth-order valence-corrected chi connectivity index (χ4v) is 7.62. The first-order valence-corrected chi connectivity index (χ1v) is 22.9. The van der Waals surface area contributed by atoms with Gasteiger partial charge in [0.1, 0.15) is 12.4 Å². The minimum Gasteiger partial charge on any atom is -0.489 e. The standard InChI is InChI=1S/C59H53ClN2O7/c1-4-58(63)68-41-47(42-69-59(64)5-2)34-44-16-18-46(19-17-44)40-67-55-37-52(39-61-62(53-12-8-6-9-13-53)54-14-10-7-11-15-54)56(57(60)38-55)29-23-43-20-24-48(25-21-43)50-28-27-49-35-45(22-26-51(49)36-50)30-31-66-33-32-65-3/h4-22,24-28,35-39,47H,1-2,30-34,40-42H2,3H3/b61-39+. The second-order valence-electron chi connectivity index (χ2n) is 16.0. The summed E-state index contributed by atoms with van der Waals surface area (Å²) in [5, 5.41) is 9.62. The molecule has 0 saturated heterocycles. The fourth-order valence-electron chi connectivity index (χ4n) is 7.36. The van der Waals surface area contributed by atoms with Crippen LogP contribution >= 0.6 is 11.6 Å². The van der Waals surface area contributed by atoms with Crippen LogP contribution in [0, 0.1) is 17.8 Å². The summed E-state index contributed by atoms with van der Waals surface area (Å²) in [6.45, 7) is 9.13. The molecule has 0 spiro atoms. The third-order valence-corrected chi connectivity index (χ3v) is 11.3. The molecule has 7 aromatic rings. The van der Waals surface area contributed by atoms with Gasteiger partial charge >= 0.3 is 11.9 Å². The maximum absolute atomic E-state index is 11.7. The Morgan fingerprint density at radius 1 is 0.667 bits per heavy atom. The predicted molar refractivity (Wildman–Crippen MR) is 276 cm³/mol. The van der Waals surface area contributed by atoms with Crippen LogP contribution in [0.25, 0.3) is 21.9 Å². The van der Waals surface area contributed by atoms with E-state index in [1.54, 1.807) is 19.4 Å². The van der Waals surface area contributed by atoms with E-state index >= 15 is 0 Å². The molecule has 0 radical (unpaired) electrons. The summed E-state index contributed by atoms with van der Waals surface area (Å²) in [7, 11) is 1.68. The van der Waals surface area contributed by atoms with E-state index < -0.39 is 11.9 Å². The Kier molecular flexibility index (Phi) is 18.1. The average molecular weight is 938 g/mol. The summed E-state index contributed by atoms with van der Waals surface area (Å²) in [6.07, 6.45) is 5.31. The van der Waals surface area contributed by atoms with Crippen LogP contribution in [-0.4, -0.2) is 58.3 Å². The summed E-state index contributed by atoms with van der Waals surface area (Å²) in [5.41, 5.74) is 9.19. The molecule has 0 aliphatic heterocycles. The largest absolute Gasteiger partial charge is 0.489 e. The minimum absolute atomic E-state index is 0.0646. The van der Waals surface area contributed by atoms with Gasteiger partial charge in [-0.1, -0.05) is 140 Å². The quantitative estimate of drug-likeness (QED) is 0.0166. The molecule has 0 atom stereocenters. The predicted octanol–water partition coefficient (Wildman–Crippen LogP) is 12.1. The van der Waals surface area contributed by atoms with Crippen LogP contribution in [0.3, 0.4) is 0 Å². The number of hydrazone groups is 1. The summed E-state index contributed by atoms with van der Waals surface area (Å²) in [6, 6.07) is 52.6. The summed E-state index contributed by atoms with van der Waals surface area (Å²) in [5.74, 6) is 5.87. The number of esters is 2. The Hall–Kier alpha value is -7.74. The van der Waals surface area contributed by atoms with Gasteiger partial charge in [-0.25, -0.2) is 14.6 Å². The van der Waals surface area contributed by atoms with Gasteiger partial charge in [-0.05, 0) is 100.0 Å². The van der Waals surface area contributed by atoms with E-state index in [0.717, 1.165) is 57.8 Å². The van der Waals surface area contributed by atoms with Crippen LogP contribution in [0.2, 0.25) is 5.02 Å². The monoisotopic (exact) mass is 936 g/mol. The fraction of sp³-hybridized carbons (Fsp3) is 0.169. The molecule has 69 heavy (non-hydrogen) atoms. The molecule has 0 unspecified atom stereocenters. The topological polar surface area (TPSA) is 95.9 Å². The van der Waals surface area contributed by atoms with Crippen LogP contribution in [-0.2, 0) is 48.0 Å². The zero-order chi connectivity index (χ0) is 48.2. The molecule has 0 N–H and O–H groups in total. The van der Waals surface area contributed by atoms with Crippen LogP contribution in [0.5, 0.6) is 5.75 Å². The molecule has 10 heteroatoms. The molecule has 0 aliphatic rings. The highest BCUT2D eigenvalue weighted by atomic mass is 35.5. The highest BCUT2D eigenvalue weighted by Crippen LogP contribution is 2.30. The maximum Gasteiger partial charge on any atom is 0.330 e. The zero-order valence-electron chi connectivity index (χ0n) is 38.5. The number of fused-ring (bicyclic) bond motifs is 1. The number of para-hydroxylation sites is 2. The van der Waals surface area contributed by atoms with Crippen molar-refractivity contribution in [3.05, 3.63) is 221 Å². The van der Waals surface area contributed by atoms with Gasteiger partial charge in [-0.15, -0.1) is 0 Å². The number of nitrogens with zero attached hydrogens (tertiary/aromatic N) is 2. The highest BCUT2D eigenvalue weighted by Gasteiger charge is 2.16. The van der Waals surface area contributed by atoms with E-state index in [4.69, 9.17) is 40.4 Å². The molecule has 0 amide bonds. The highest BCUT2D eigenvalue weighted by molar-refractivity contribution is 6.32. The molecule has 7 aromatic carbocycles. The van der Waals surface area contributed by atoms with Crippen LogP contribution in [0.1, 0.15) is 33.4 Å². The summed E-state index contributed by atoms with van der Waals surface area (Å²) >= 11 is 7.07.